The van der Waals surface area contributed by atoms with Gasteiger partial charge in [0, 0.05) is 23.6 Å². The second-order valence-corrected chi connectivity index (χ2v) is 5.85. The lowest BCUT2D eigenvalue weighted by molar-refractivity contribution is -0.384. The monoisotopic (exact) mass is 350 g/mol. The minimum atomic E-state index is -0.481. The Morgan fingerprint density at radius 2 is 1.85 bits per heavy atom. The fourth-order valence-corrected chi connectivity index (χ4v) is 3.01. The highest BCUT2D eigenvalue weighted by molar-refractivity contribution is 5.87. The van der Waals surface area contributed by atoms with Crippen molar-refractivity contribution < 1.29 is 14.4 Å². The maximum absolute atomic E-state index is 12.5. The van der Waals surface area contributed by atoms with E-state index in [0.29, 0.717) is 39.4 Å². The Labute approximate surface area is 144 Å². The van der Waals surface area contributed by atoms with Crippen LogP contribution in [-0.4, -0.2) is 26.7 Å². The highest BCUT2D eigenvalue weighted by Crippen LogP contribution is 2.35. The van der Waals surface area contributed by atoms with Crippen molar-refractivity contribution in [2.75, 3.05) is 6.79 Å². The van der Waals surface area contributed by atoms with E-state index in [1.54, 1.807) is 24.3 Å². The summed E-state index contributed by atoms with van der Waals surface area (Å²) in [6, 6.07) is 9.50. The van der Waals surface area contributed by atoms with Gasteiger partial charge in [0.25, 0.3) is 11.2 Å². The van der Waals surface area contributed by atoms with Crippen molar-refractivity contribution >= 4 is 27.6 Å². The number of fused-ring (bicyclic) bond motifs is 3. The van der Waals surface area contributed by atoms with Crippen LogP contribution in [0.25, 0.3) is 33.3 Å². The molecule has 0 bridgehead atoms. The molecule has 2 aromatic carbocycles. The van der Waals surface area contributed by atoms with Gasteiger partial charge in [-0.05, 0) is 18.2 Å². The van der Waals surface area contributed by atoms with Crippen LogP contribution in [0, 0.1) is 10.1 Å². The molecular formula is C17H10N4O5. The standard InChI is InChI=1S/C17H10N4O5/c22-17-10(3-8-4-14-15(26-7-25-14)6-12(8)20-17)16-18-11-2-1-9(21(23)24)5-13(11)19-16/h1-6H,7H2,(H,18,19)(H,20,22). The lowest BCUT2D eigenvalue weighted by Gasteiger charge is -2.03. The highest BCUT2D eigenvalue weighted by atomic mass is 16.7. The summed E-state index contributed by atoms with van der Waals surface area (Å²) in [6.45, 7) is 0.144. The smallest absolute Gasteiger partial charge is 0.271 e. The van der Waals surface area contributed by atoms with Crippen molar-refractivity contribution in [3.8, 4) is 22.9 Å². The molecule has 0 fully saturated rings. The Balaban J connectivity index is 1.69. The predicted octanol–water partition coefficient (Wildman–Crippen LogP) is 2.71. The minimum Gasteiger partial charge on any atom is -0.454 e. The zero-order valence-electron chi connectivity index (χ0n) is 13.1. The third kappa shape index (κ3) is 2.10. The summed E-state index contributed by atoms with van der Waals surface area (Å²) in [4.78, 5) is 33.1. The summed E-state index contributed by atoms with van der Waals surface area (Å²) in [6.07, 6.45) is 0. The number of pyridine rings is 1. The number of hydrogen-bond acceptors (Lipinski definition) is 6. The van der Waals surface area contributed by atoms with Gasteiger partial charge in [-0.25, -0.2) is 4.98 Å². The predicted molar refractivity (Wildman–Crippen MR) is 92.4 cm³/mol. The van der Waals surface area contributed by atoms with Crippen LogP contribution >= 0.6 is 0 Å². The van der Waals surface area contributed by atoms with Crippen LogP contribution in [0.3, 0.4) is 0 Å². The van der Waals surface area contributed by atoms with Crippen molar-refractivity contribution in [1.29, 1.82) is 0 Å². The average molecular weight is 350 g/mol. The van der Waals surface area contributed by atoms with Crippen molar-refractivity contribution in [2.45, 2.75) is 0 Å². The first kappa shape index (κ1) is 14.5. The van der Waals surface area contributed by atoms with Gasteiger partial charge in [-0.2, -0.15) is 0 Å². The quantitative estimate of drug-likeness (QED) is 0.423. The number of ether oxygens (including phenoxy) is 2. The average Bonchev–Trinajstić information content (AvgIpc) is 3.24. The molecule has 0 amide bonds. The Morgan fingerprint density at radius 3 is 2.65 bits per heavy atom. The summed E-state index contributed by atoms with van der Waals surface area (Å²) in [5.41, 5.74) is 1.60. The lowest BCUT2D eigenvalue weighted by atomic mass is 10.1. The number of aromatic amines is 2. The van der Waals surface area contributed by atoms with Gasteiger partial charge in [0.05, 0.1) is 27.0 Å². The van der Waals surface area contributed by atoms with Crippen molar-refractivity contribution in [1.82, 2.24) is 15.0 Å². The summed E-state index contributed by atoms with van der Waals surface area (Å²) in [7, 11) is 0. The van der Waals surface area contributed by atoms with Crippen LogP contribution in [0.1, 0.15) is 0 Å². The molecule has 0 saturated heterocycles. The normalized spacial score (nSPS) is 12.8. The first-order valence-corrected chi connectivity index (χ1v) is 7.70. The molecule has 26 heavy (non-hydrogen) atoms. The van der Waals surface area contributed by atoms with Gasteiger partial charge in [0.1, 0.15) is 5.82 Å². The Morgan fingerprint density at radius 1 is 1.04 bits per heavy atom. The number of non-ortho nitro benzene ring substituents is 1. The Bertz CT molecular complexity index is 1270. The Hall–Kier alpha value is -3.88. The summed E-state index contributed by atoms with van der Waals surface area (Å²) in [5.74, 6) is 1.52. The van der Waals surface area contributed by atoms with E-state index in [9.17, 15) is 14.9 Å². The van der Waals surface area contributed by atoms with E-state index in [0.717, 1.165) is 5.39 Å². The number of benzene rings is 2. The molecule has 4 aromatic rings. The highest BCUT2D eigenvalue weighted by Gasteiger charge is 2.17. The SMILES string of the molecule is O=c1[nH]c2cc3c(cc2cc1-c1nc2ccc([N+](=O)[O-])cc2[nH]1)OCO3. The fourth-order valence-electron chi connectivity index (χ4n) is 3.01. The maximum Gasteiger partial charge on any atom is 0.271 e. The lowest BCUT2D eigenvalue weighted by Crippen LogP contribution is -2.09. The van der Waals surface area contributed by atoms with Gasteiger partial charge in [-0.3, -0.25) is 14.9 Å². The summed E-state index contributed by atoms with van der Waals surface area (Å²) < 4.78 is 10.7. The molecule has 0 saturated carbocycles. The molecule has 5 rings (SSSR count). The second-order valence-electron chi connectivity index (χ2n) is 5.85. The zero-order chi connectivity index (χ0) is 17.8. The number of rotatable bonds is 2. The molecule has 0 atom stereocenters. The zero-order valence-corrected chi connectivity index (χ0v) is 13.1. The number of imidazole rings is 1. The van der Waals surface area contributed by atoms with E-state index >= 15 is 0 Å². The van der Waals surface area contributed by atoms with Crippen LogP contribution in [0.5, 0.6) is 11.5 Å². The summed E-state index contributed by atoms with van der Waals surface area (Å²) >= 11 is 0. The van der Waals surface area contributed by atoms with Crippen LogP contribution in [-0.2, 0) is 0 Å². The molecule has 0 radical (unpaired) electrons. The van der Waals surface area contributed by atoms with E-state index in [-0.39, 0.29) is 18.0 Å². The number of H-pyrrole nitrogens is 2. The molecule has 9 nitrogen and oxygen atoms in total. The maximum atomic E-state index is 12.5. The van der Waals surface area contributed by atoms with Crippen molar-refractivity contribution in [3.05, 3.63) is 56.9 Å². The Kier molecular flexibility index (Phi) is 2.81. The van der Waals surface area contributed by atoms with Crippen LogP contribution in [0.2, 0.25) is 0 Å². The fraction of sp³-hybridized carbons (Fsp3) is 0.0588. The number of nitrogens with one attached hydrogen (secondary N) is 2. The first-order chi connectivity index (χ1) is 12.6. The van der Waals surface area contributed by atoms with Crippen molar-refractivity contribution in [3.63, 3.8) is 0 Å². The number of nitro benzene ring substituents is 1. The van der Waals surface area contributed by atoms with E-state index in [4.69, 9.17) is 9.47 Å². The van der Waals surface area contributed by atoms with Crippen LogP contribution < -0.4 is 15.0 Å². The van der Waals surface area contributed by atoms with Crippen molar-refractivity contribution in [2.24, 2.45) is 0 Å². The molecule has 2 N–H and O–H groups in total. The molecule has 9 heteroatoms. The van der Waals surface area contributed by atoms with E-state index < -0.39 is 4.92 Å². The third-order valence-electron chi connectivity index (χ3n) is 4.27. The number of hydrogen-bond donors (Lipinski definition) is 2. The van der Waals surface area contributed by atoms with E-state index in [1.807, 2.05) is 0 Å². The first-order valence-electron chi connectivity index (χ1n) is 7.70. The molecular weight excluding hydrogens is 340 g/mol. The van der Waals surface area contributed by atoms with Gasteiger partial charge in [-0.1, -0.05) is 0 Å². The number of nitro groups is 1. The molecule has 128 valence electrons. The molecule has 3 heterocycles. The molecule has 1 aliphatic heterocycles. The molecule has 2 aromatic heterocycles. The van der Waals surface area contributed by atoms with Gasteiger partial charge in [0.15, 0.2) is 11.5 Å². The second kappa shape index (κ2) is 5.06. The molecule has 0 aliphatic carbocycles. The van der Waals surface area contributed by atoms with Gasteiger partial charge in [-0.15, -0.1) is 0 Å². The third-order valence-corrected chi connectivity index (χ3v) is 4.27. The number of nitrogens with zero attached hydrogens (tertiary/aromatic N) is 2. The summed E-state index contributed by atoms with van der Waals surface area (Å²) in [5, 5.41) is 11.7. The van der Waals surface area contributed by atoms with Gasteiger partial charge >= 0.3 is 0 Å². The molecule has 1 aliphatic rings. The number of aromatic nitrogens is 3. The largest absolute Gasteiger partial charge is 0.454 e. The molecule has 0 unspecified atom stereocenters. The van der Waals surface area contributed by atoms with Gasteiger partial charge < -0.3 is 19.4 Å². The van der Waals surface area contributed by atoms with Crippen LogP contribution in [0.4, 0.5) is 5.69 Å². The van der Waals surface area contributed by atoms with E-state index in [2.05, 4.69) is 15.0 Å². The molecule has 0 spiro atoms. The minimum absolute atomic E-state index is 0.0483. The van der Waals surface area contributed by atoms with Crippen LogP contribution in [0.15, 0.2) is 41.2 Å². The van der Waals surface area contributed by atoms with E-state index in [1.165, 1.54) is 12.1 Å². The van der Waals surface area contributed by atoms with Gasteiger partial charge in [0.2, 0.25) is 6.79 Å². The topological polar surface area (TPSA) is 123 Å².